The number of hydrogen-bond donors (Lipinski definition) is 1. The van der Waals surface area contributed by atoms with E-state index >= 15 is 0 Å². The molecule has 0 spiro atoms. The van der Waals surface area contributed by atoms with E-state index in [4.69, 9.17) is 16.0 Å². The Bertz CT molecular complexity index is 929. The number of benzene rings is 2. The van der Waals surface area contributed by atoms with Crippen molar-refractivity contribution in [2.75, 3.05) is 6.54 Å². The summed E-state index contributed by atoms with van der Waals surface area (Å²) in [5.74, 6) is -1.22. The number of rotatable bonds is 10. The smallest absolute Gasteiger partial charge is 0.192 e. The molecular formula is C24H31ClF2N2OSi. The van der Waals surface area contributed by atoms with Crippen molar-refractivity contribution in [3.8, 4) is 6.07 Å². The van der Waals surface area contributed by atoms with Gasteiger partial charge >= 0.3 is 0 Å². The van der Waals surface area contributed by atoms with E-state index in [0.717, 1.165) is 35.3 Å². The van der Waals surface area contributed by atoms with E-state index in [9.17, 15) is 14.0 Å². The van der Waals surface area contributed by atoms with E-state index in [0.29, 0.717) is 28.3 Å². The molecule has 0 aromatic heterocycles. The summed E-state index contributed by atoms with van der Waals surface area (Å²) in [5.41, 5.74) is 3.58. The third kappa shape index (κ3) is 6.14. The Hall–Kier alpha value is -1.78. The predicted molar refractivity (Wildman–Crippen MR) is 125 cm³/mol. The molecule has 0 radical (unpaired) electrons. The highest BCUT2D eigenvalue weighted by atomic mass is 35.5. The van der Waals surface area contributed by atoms with Gasteiger partial charge in [-0.1, -0.05) is 32.4 Å². The molecule has 0 aliphatic rings. The number of nitrogens with zero attached hydrogens (tertiary/aromatic N) is 1. The second-order valence-corrected chi connectivity index (χ2v) is 13.1. The Morgan fingerprint density at radius 2 is 1.65 bits per heavy atom. The SMILES string of the molecule is CC[Si](CC)(CC)OC(CNCc1cc(F)cc(F)c1)c1c(C#N)cc(C)c(C)c1Cl. The maximum atomic E-state index is 13.5. The molecule has 2 rings (SSSR count). The van der Waals surface area contributed by atoms with E-state index in [1.54, 1.807) is 0 Å². The molecular weight excluding hydrogens is 434 g/mol. The molecule has 0 aliphatic carbocycles. The summed E-state index contributed by atoms with van der Waals surface area (Å²) in [4.78, 5) is 0. The normalized spacial score (nSPS) is 12.6. The molecule has 2 aromatic carbocycles. The van der Waals surface area contributed by atoms with E-state index in [1.807, 2.05) is 19.9 Å². The van der Waals surface area contributed by atoms with Gasteiger partial charge in [0.05, 0.1) is 22.8 Å². The summed E-state index contributed by atoms with van der Waals surface area (Å²) in [6.45, 7) is 11.0. The minimum Gasteiger partial charge on any atom is -0.409 e. The summed E-state index contributed by atoms with van der Waals surface area (Å²) >= 11 is 6.73. The molecule has 7 heteroatoms. The van der Waals surface area contributed by atoms with Crippen LogP contribution in [0.25, 0.3) is 0 Å². The van der Waals surface area contributed by atoms with E-state index < -0.39 is 26.1 Å². The molecule has 0 amide bonds. The van der Waals surface area contributed by atoms with Crippen LogP contribution in [0.2, 0.25) is 23.2 Å². The van der Waals surface area contributed by atoms with Crippen molar-refractivity contribution in [3.63, 3.8) is 0 Å². The van der Waals surface area contributed by atoms with Crippen LogP contribution in [0.3, 0.4) is 0 Å². The first-order valence-corrected chi connectivity index (χ1v) is 13.6. The zero-order chi connectivity index (χ0) is 23.2. The number of nitriles is 1. The molecule has 1 atom stereocenters. The van der Waals surface area contributed by atoms with Crippen LogP contribution >= 0.6 is 11.6 Å². The second kappa shape index (κ2) is 11.2. The zero-order valence-corrected chi connectivity index (χ0v) is 20.7. The van der Waals surface area contributed by atoms with Crippen molar-refractivity contribution in [1.29, 1.82) is 5.26 Å². The lowest BCUT2D eigenvalue weighted by Crippen LogP contribution is -2.40. The standard InChI is InChI=1S/C24H31ClF2N2OSi/c1-6-31(7-2,8-3)30-22(15-29-14-18-10-20(26)12-21(27)11-18)23-19(13-28)9-16(4)17(5)24(23)25/h9-12,22,29H,6-8,14-15H2,1-5H3. The number of hydrogen-bond acceptors (Lipinski definition) is 3. The van der Waals surface area contributed by atoms with Gasteiger partial charge in [-0.05, 0) is 66.9 Å². The molecule has 1 unspecified atom stereocenters. The van der Waals surface area contributed by atoms with Crippen LogP contribution in [0.5, 0.6) is 0 Å². The van der Waals surface area contributed by atoms with Gasteiger partial charge in [0.1, 0.15) is 11.6 Å². The summed E-state index contributed by atoms with van der Waals surface area (Å²) < 4.78 is 33.8. The summed E-state index contributed by atoms with van der Waals surface area (Å²) in [7, 11) is -2.03. The van der Waals surface area contributed by atoms with Gasteiger partial charge in [-0.15, -0.1) is 0 Å². The molecule has 0 bridgehead atoms. The predicted octanol–water partition coefficient (Wildman–Crippen LogP) is 6.96. The molecule has 0 fully saturated rings. The summed E-state index contributed by atoms with van der Waals surface area (Å²) in [5, 5.41) is 13.6. The van der Waals surface area contributed by atoms with Gasteiger partial charge in [0, 0.05) is 24.7 Å². The van der Waals surface area contributed by atoms with Gasteiger partial charge in [0.2, 0.25) is 0 Å². The van der Waals surface area contributed by atoms with Crippen molar-refractivity contribution in [1.82, 2.24) is 5.32 Å². The van der Waals surface area contributed by atoms with Crippen LogP contribution in [0.4, 0.5) is 8.78 Å². The lowest BCUT2D eigenvalue weighted by atomic mass is 9.96. The monoisotopic (exact) mass is 464 g/mol. The van der Waals surface area contributed by atoms with Crippen LogP contribution < -0.4 is 5.32 Å². The molecule has 0 saturated heterocycles. The molecule has 0 saturated carbocycles. The molecule has 2 aromatic rings. The van der Waals surface area contributed by atoms with Crippen molar-refractivity contribution < 1.29 is 13.2 Å². The quantitative estimate of drug-likeness (QED) is 0.386. The van der Waals surface area contributed by atoms with Crippen LogP contribution in [0, 0.1) is 36.8 Å². The minimum atomic E-state index is -2.03. The van der Waals surface area contributed by atoms with Gasteiger partial charge in [0.15, 0.2) is 8.32 Å². The summed E-state index contributed by atoms with van der Waals surface area (Å²) in [6.07, 6.45) is -0.425. The Labute approximate surface area is 190 Å². The Morgan fingerprint density at radius 1 is 1.06 bits per heavy atom. The Balaban J connectivity index is 2.40. The average Bonchev–Trinajstić information content (AvgIpc) is 2.74. The fraction of sp³-hybridized carbons (Fsp3) is 0.458. The first-order valence-electron chi connectivity index (χ1n) is 10.7. The number of halogens is 3. The highest BCUT2D eigenvalue weighted by Gasteiger charge is 2.34. The molecule has 1 N–H and O–H groups in total. The van der Waals surface area contributed by atoms with E-state index in [2.05, 4.69) is 32.2 Å². The zero-order valence-electron chi connectivity index (χ0n) is 18.9. The molecule has 168 valence electrons. The molecule has 0 aliphatic heterocycles. The van der Waals surface area contributed by atoms with Crippen LogP contribution in [-0.4, -0.2) is 14.9 Å². The van der Waals surface area contributed by atoms with Gasteiger partial charge in [0.25, 0.3) is 0 Å². The van der Waals surface area contributed by atoms with Gasteiger partial charge in [-0.3, -0.25) is 0 Å². The van der Waals surface area contributed by atoms with Crippen LogP contribution in [0.1, 0.15) is 54.7 Å². The highest BCUT2D eigenvalue weighted by molar-refractivity contribution is 6.73. The lowest BCUT2D eigenvalue weighted by Gasteiger charge is -2.34. The van der Waals surface area contributed by atoms with E-state index in [1.165, 1.54) is 12.1 Å². The topological polar surface area (TPSA) is 45.0 Å². The highest BCUT2D eigenvalue weighted by Crippen LogP contribution is 2.37. The lowest BCUT2D eigenvalue weighted by molar-refractivity contribution is 0.185. The van der Waals surface area contributed by atoms with Crippen LogP contribution in [-0.2, 0) is 11.0 Å². The fourth-order valence-electron chi connectivity index (χ4n) is 3.87. The molecule has 31 heavy (non-hydrogen) atoms. The van der Waals surface area contributed by atoms with Gasteiger partial charge < -0.3 is 9.74 Å². The maximum absolute atomic E-state index is 13.5. The average molecular weight is 465 g/mol. The maximum Gasteiger partial charge on any atom is 0.192 e. The number of aryl methyl sites for hydroxylation is 1. The van der Waals surface area contributed by atoms with Gasteiger partial charge in [-0.25, -0.2) is 8.78 Å². The molecule has 0 heterocycles. The number of nitrogens with one attached hydrogen (secondary N) is 1. The first-order chi connectivity index (χ1) is 14.7. The van der Waals surface area contributed by atoms with Crippen molar-refractivity contribution >= 4 is 19.9 Å². The fourth-order valence-corrected chi connectivity index (χ4v) is 7.05. The van der Waals surface area contributed by atoms with Crippen molar-refractivity contribution in [3.05, 3.63) is 68.7 Å². The van der Waals surface area contributed by atoms with Gasteiger partial charge in [-0.2, -0.15) is 5.26 Å². The van der Waals surface area contributed by atoms with Crippen LogP contribution in [0.15, 0.2) is 24.3 Å². The minimum absolute atomic E-state index is 0.276. The Morgan fingerprint density at radius 3 is 2.16 bits per heavy atom. The third-order valence-corrected chi connectivity index (χ3v) is 11.3. The van der Waals surface area contributed by atoms with E-state index in [-0.39, 0.29) is 6.54 Å². The second-order valence-electron chi connectivity index (χ2n) is 7.96. The van der Waals surface area contributed by atoms with Crippen molar-refractivity contribution in [2.24, 2.45) is 0 Å². The third-order valence-electron chi connectivity index (χ3n) is 6.16. The molecule has 3 nitrogen and oxygen atoms in total. The van der Waals surface area contributed by atoms with Crippen molar-refractivity contribution in [2.45, 2.75) is 65.4 Å². The summed E-state index contributed by atoms with van der Waals surface area (Å²) in [6, 6.07) is 10.4. The Kier molecular flexibility index (Phi) is 9.20. The largest absolute Gasteiger partial charge is 0.409 e. The first kappa shape index (κ1) is 25.5.